The monoisotopic (exact) mass is 561 g/mol. The van der Waals surface area contributed by atoms with Crippen LogP contribution in [0.15, 0.2) is 75.8 Å². The van der Waals surface area contributed by atoms with Gasteiger partial charge < -0.3 is 26.0 Å². The van der Waals surface area contributed by atoms with Crippen LogP contribution in [0.2, 0.25) is 5.02 Å². The van der Waals surface area contributed by atoms with E-state index in [4.69, 9.17) is 16.3 Å². The Hall–Kier alpha value is -4.25. The molecule has 39 heavy (non-hydrogen) atoms. The Morgan fingerprint density at radius 1 is 1.00 bits per heavy atom. The number of ether oxygens (including phenoxy) is 1. The van der Waals surface area contributed by atoms with E-state index in [1.165, 1.54) is 11.3 Å². The van der Waals surface area contributed by atoms with E-state index in [-0.39, 0.29) is 17.3 Å². The van der Waals surface area contributed by atoms with Gasteiger partial charge in [0.15, 0.2) is 0 Å². The van der Waals surface area contributed by atoms with E-state index in [0.717, 1.165) is 16.5 Å². The first kappa shape index (κ1) is 26.4. The van der Waals surface area contributed by atoms with Gasteiger partial charge in [0.2, 0.25) is 0 Å². The second-order valence-electron chi connectivity index (χ2n) is 8.61. The van der Waals surface area contributed by atoms with E-state index in [0.29, 0.717) is 46.7 Å². The highest BCUT2D eigenvalue weighted by atomic mass is 35.5. The molecule has 4 N–H and O–H groups in total. The van der Waals surface area contributed by atoms with Crippen molar-refractivity contribution in [2.24, 2.45) is 0 Å². The molecule has 0 aliphatic carbocycles. The molecule has 0 fully saturated rings. The number of methoxy groups -OCH3 is 1. The third-order valence-corrected chi connectivity index (χ3v) is 7.33. The van der Waals surface area contributed by atoms with Crippen LogP contribution >= 0.6 is 22.9 Å². The highest BCUT2D eigenvalue weighted by Gasteiger charge is 2.22. The summed E-state index contributed by atoms with van der Waals surface area (Å²) in [6.07, 6.45) is 1.77. The predicted molar refractivity (Wildman–Crippen MR) is 158 cm³/mol. The molecule has 198 valence electrons. The minimum Gasteiger partial charge on any atom is -0.383 e. The van der Waals surface area contributed by atoms with Crippen molar-refractivity contribution in [2.75, 3.05) is 41.5 Å². The maximum Gasteiger partial charge on any atom is 0.267 e. The standard InChI is InChI=1S/C28H24ClN5O4S/c1-38-12-11-31-23-24(26(36)25(23)35)34-22-14-17(6-7-19(22)29)33-28(37)27-21(9-13-39-27)32-15-16-8-10-30-20-5-3-2-4-18(16)20/h2-10,13-14,31-32,34H,11-12,15H2,1H3,(H,33,37). The maximum absolute atomic E-state index is 13.2. The van der Waals surface area contributed by atoms with Crippen molar-refractivity contribution < 1.29 is 9.53 Å². The molecule has 11 heteroatoms. The van der Waals surface area contributed by atoms with Gasteiger partial charge in [-0.05, 0) is 47.3 Å². The van der Waals surface area contributed by atoms with Gasteiger partial charge in [-0.2, -0.15) is 0 Å². The molecule has 5 aromatic rings. The summed E-state index contributed by atoms with van der Waals surface area (Å²) in [5.41, 5.74) is 2.59. The van der Waals surface area contributed by atoms with Crippen LogP contribution in [0.5, 0.6) is 0 Å². The summed E-state index contributed by atoms with van der Waals surface area (Å²) in [6, 6.07) is 16.6. The van der Waals surface area contributed by atoms with Crippen LogP contribution in [-0.2, 0) is 11.3 Å². The Balaban J connectivity index is 1.29. The van der Waals surface area contributed by atoms with Gasteiger partial charge in [-0.15, -0.1) is 11.3 Å². The molecule has 0 bridgehead atoms. The van der Waals surface area contributed by atoms with E-state index in [9.17, 15) is 14.4 Å². The zero-order valence-electron chi connectivity index (χ0n) is 20.8. The zero-order chi connectivity index (χ0) is 27.4. The normalized spacial score (nSPS) is 11.0. The van der Waals surface area contributed by atoms with Crippen LogP contribution in [0.25, 0.3) is 10.9 Å². The number of carbonyl (C=O) groups excluding carboxylic acids is 1. The molecule has 9 nitrogen and oxygen atoms in total. The summed E-state index contributed by atoms with van der Waals surface area (Å²) in [6.45, 7) is 1.27. The third kappa shape index (κ3) is 5.63. The molecular weight excluding hydrogens is 538 g/mol. The predicted octanol–water partition coefficient (Wildman–Crippen LogP) is 5.21. The van der Waals surface area contributed by atoms with E-state index in [1.807, 2.05) is 41.8 Å². The number of aromatic nitrogens is 1. The summed E-state index contributed by atoms with van der Waals surface area (Å²) in [5.74, 6) is -0.295. The topological polar surface area (TPSA) is 121 Å². The van der Waals surface area contributed by atoms with Crippen LogP contribution in [0.1, 0.15) is 15.2 Å². The summed E-state index contributed by atoms with van der Waals surface area (Å²) in [4.78, 5) is 42.2. The number of fused-ring (bicyclic) bond motifs is 1. The smallest absolute Gasteiger partial charge is 0.267 e. The second-order valence-corrected chi connectivity index (χ2v) is 9.93. The molecule has 0 atom stereocenters. The molecule has 1 amide bonds. The number of hydrogen-bond donors (Lipinski definition) is 4. The SMILES string of the molecule is COCCNc1c(Nc2cc(NC(=O)c3sccc3NCc3ccnc4ccccc34)ccc2Cl)c(=O)c1=O. The van der Waals surface area contributed by atoms with Crippen molar-refractivity contribution in [1.29, 1.82) is 0 Å². The largest absolute Gasteiger partial charge is 0.383 e. The molecule has 2 heterocycles. The summed E-state index contributed by atoms with van der Waals surface area (Å²) < 4.78 is 4.97. The number of thiophene rings is 1. The minimum absolute atomic E-state index is 0.120. The first-order valence-corrected chi connectivity index (χ1v) is 13.3. The third-order valence-electron chi connectivity index (χ3n) is 6.08. The van der Waals surface area contributed by atoms with Gasteiger partial charge in [0.05, 0.1) is 28.5 Å². The highest BCUT2D eigenvalue weighted by molar-refractivity contribution is 7.12. The quantitative estimate of drug-likeness (QED) is 0.128. The number of halogens is 1. The fraction of sp³-hybridized carbons (Fsp3) is 0.143. The van der Waals surface area contributed by atoms with Crippen molar-refractivity contribution in [3.8, 4) is 0 Å². The number of nitrogens with one attached hydrogen (secondary N) is 4. The number of anilines is 5. The summed E-state index contributed by atoms with van der Waals surface area (Å²) in [5, 5.41) is 15.3. The van der Waals surface area contributed by atoms with E-state index >= 15 is 0 Å². The molecule has 0 unspecified atom stereocenters. The number of pyridine rings is 1. The Labute approximate surface area is 232 Å². The molecular formula is C28H24ClN5O4S. The number of carbonyl (C=O) groups is 1. The minimum atomic E-state index is -0.642. The van der Waals surface area contributed by atoms with Crippen molar-refractivity contribution in [2.45, 2.75) is 6.54 Å². The Bertz CT molecular complexity index is 1720. The average Bonchev–Trinajstić information content (AvgIpc) is 3.43. The van der Waals surface area contributed by atoms with Crippen molar-refractivity contribution >= 4 is 68.2 Å². The molecule has 5 rings (SSSR count). The molecule has 0 saturated carbocycles. The maximum atomic E-state index is 13.2. The molecule has 0 aliphatic heterocycles. The van der Waals surface area contributed by atoms with Crippen LogP contribution in [0, 0.1) is 0 Å². The zero-order valence-corrected chi connectivity index (χ0v) is 22.4. The fourth-order valence-electron chi connectivity index (χ4n) is 4.10. The van der Waals surface area contributed by atoms with Gasteiger partial charge in [0.25, 0.3) is 16.8 Å². The molecule has 3 aromatic carbocycles. The second kappa shape index (κ2) is 11.6. The number of hydrogen-bond acceptors (Lipinski definition) is 9. The molecule has 0 saturated heterocycles. The van der Waals surface area contributed by atoms with E-state index in [1.54, 1.807) is 31.5 Å². The van der Waals surface area contributed by atoms with Crippen molar-refractivity contribution in [1.82, 2.24) is 4.98 Å². The fourth-order valence-corrected chi connectivity index (χ4v) is 5.03. The number of para-hydroxylation sites is 1. The average molecular weight is 562 g/mol. The molecule has 0 aliphatic rings. The number of amides is 1. The van der Waals surface area contributed by atoms with Gasteiger partial charge in [-0.25, -0.2) is 0 Å². The Morgan fingerprint density at radius 3 is 2.67 bits per heavy atom. The van der Waals surface area contributed by atoms with E-state index < -0.39 is 10.9 Å². The van der Waals surface area contributed by atoms with Gasteiger partial charge in [0, 0.05) is 37.5 Å². The lowest BCUT2D eigenvalue weighted by molar-refractivity contribution is 0.103. The van der Waals surface area contributed by atoms with Crippen LogP contribution in [-0.4, -0.2) is 31.2 Å². The van der Waals surface area contributed by atoms with Crippen molar-refractivity contribution in [3.05, 3.63) is 102 Å². The Morgan fingerprint density at radius 2 is 1.82 bits per heavy atom. The number of nitrogens with zero attached hydrogens (tertiary/aromatic N) is 1. The lowest BCUT2D eigenvalue weighted by Crippen LogP contribution is -2.37. The van der Waals surface area contributed by atoms with Crippen LogP contribution in [0.4, 0.5) is 28.4 Å². The van der Waals surface area contributed by atoms with Crippen LogP contribution < -0.4 is 32.1 Å². The first-order valence-electron chi connectivity index (χ1n) is 12.0. The summed E-state index contributed by atoms with van der Waals surface area (Å²) in [7, 11) is 1.54. The van der Waals surface area contributed by atoms with Crippen LogP contribution in [0.3, 0.4) is 0 Å². The first-order chi connectivity index (χ1) is 19.0. The van der Waals surface area contributed by atoms with Crippen molar-refractivity contribution in [3.63, 3.8) is 0 Å². The van der Waals surface area contributed by atoms with Gasteiger partial charge in [-0.1, -0.05) is 29.8 Å². The van der Waals surface area contributed by atoms with Gasteiger partial charge in [0.1, 0.15) is 16.3 Å². The van der Waals surface area contributed by atoms with Gasteiger partial charge >= 0.3 is 0 Å². The lowest BCUT2D eigenvalue weighted by atomic mass is 10.1. The van der Waals surface area contributed by atoms with E-state index in [2.05, 4.69) is 26.3 Å². The number of rotatable bonds is 11. The van der Waals surface area contributed by atoms with Gasteiger partial charge in [-0.3, -0.25) is 19.4 Å². The number of benzene rings is 2. The molecule has 2 aromatic heterocycles. The Kier molecular flexibility index (Phi) is 7.87. The molecule has 0 spiro atoms. The highest BCUT2D eigenvalue weighted by Crippen LogP contribution is 2.31. The lowest BCUT2D eigenvalue weighted by Gasteiger charge is -2.16. The summed E-state index contributed by atoms with van der Waals surface area (Å²) >= 11 is 7.66. The molecule has 0 radical (unpaired) electrons.